The van der Waals surface area contributed by atoms with Crippen molar-refractivity contribution >= 4 is 11.6 Å². The second-order valence-electron chi connectivity index (χ2n) is 5.94. The van der Waals surface area contributed by atoms with Crippen LogP contribution >= 0.6 is 0 Å². The highest BCUT2D eigenvalue weighted by atomic mass is 16.6. The predicted octanol–water partition coefficient (Wildman–Crippen LogP) is 1.51. The van der Waals surface area contributed by atoms with E-state index in [1.807, 2.05) is 0 Å². The molecule has 1 aliphatic rings. The van der Waals surface area contributed by atoms with Crippen LogP contribution in [-0.4, -0.2) is 39.7 Å². The van der Waals surface area contributed by atoms with Gasteiger partial charge in [-0.3, -0.25) is 14.9 Å². The summed E-state index contributed by atoms with van der Waals surface area (Å²) < 4.78 is 1.36. The molecule has 1 aromatic heterocycles. The van der Waals surface area contributed by atoms with Crippen LogP contribution in [0.1, 0.15) is 23.8 Å². The Morgan fingerprint density at radius 2 is 2.21 bits per heavy atom. The largest absolute Gasteiger partial charge is 0.348 e. The highest BCUT2D eigenvalue weighted by Gasteiger charge is 2.24. The van der Waals surface area contributed by atoms with E-state index in [1.54, 1.807) is 30.5 Å². The molecule has 2 N–H and O–H groups in total. The average Bonchev–Trinajstić information content (AvgIpc) is 3.07. The molecule has 2 heterocycles. The van der Waals surface area contributed by atoms with Gasteiger partial charge in [-0.25, -0.2) is 4.68 Å². The van der Waals surface area contributed by atoms with Gasteiger partial charge >= 0.3 is 0 Å². The first-order valence-corrected chi connectivity index (χ1v) is 7.87. The summed E-state index contributed by atoms with van der Waals surface area (Å²) in [5.74, 6) is 0.0890. The van der Waals surface area contributed by atoms with E-state index >= 15 is 0 Å². The molecule has 1 aliphatic heterocycles. The van der Waals surface area contributed by atoms with Crippen molar-refractivity contribution in [2.75, 3.05) is 13.1 Å². The second-order valence-corrected chi connectivity index (χ2v) is 5.94. The Morgan fingerprint density at radius 3 is 2.96 bits per heavy atom. The molecule has 0 radical (unpaired) electrons. The number of amides is 1. The maximum Gasteiger partial charge on any atom is 0.294 e. The number of nitrogens with zero attached hydrogens (tertiary/aromatic N) is 3. The van der Waals surface area contributed by atoms with Crippen LogP contribution in [0.2, 0.25) is 0 Å². The Bertz CT molecular complexity index is 758. The number of carbonyl (C=O) groups excluding carboxylic acids is 1. The number of benzene rings is 1. The van der Waals surface area contributed by atoms with Gasteiger partial charge in [-0.2, -0.15) is 5.10 Å². The summed E-state index contributed by atoms with van der Waals surface area (Å²) in [4.78, 5) is 23.0. The van der Waals surface area contributed by atoms with E-state index in [1.165, 1.54) is 10.7 Å². The number of hydrogen-bond donors (Lipinski definition) is 2. The monoisotopic (exact) mass is 329 g/mol. The molecule has 1 aromatic carbocycles. The van der Waals surface area contributed by atoms with Gasteiger partial charge in [0, 0.05) is 18.3 Å². The first-order chi connectivity index (χ1) is 11.6. The Hall–Kier alpha value is -2.74. The number of aromatic nitrogens is 2. The fourth-order valence-corrected chi connectivity index (χ4v) is 2.86. The van der Waals surface area contributed by atoms with Crippen LogP contribution in [0, 0.1) is 16.0 Å². The Kier molecular flexibility index (Phi) is 4.57. The van der Waals surface area contributed by atoms with Crippen LogP contribution in [0.3, 0.4) is 0 Å². The molecule has 0 bridgehead atoms. The van der Waals surface area contributed by atoms with Crippen molar-refractivity contribution in [2.24, 2.45) is 5.92 Å². The van der Waals surface area contributed by atoms with Gasteiger partial charge in [-0.1, -0.05) is 19.1 Å². The lowest BCUT2D eigenvalue weighted by atomic mass is 9.95. The van der Waals surface area contributed by atoms with Crippen molar-refractivity contribution in [3.05, 3.63) is 52.3 Å². The van der Waals surface area contributed by atoms with Crippen molar-refractivity contribution in [3.8, 4) is 5.69 Å². The summed E-state index contributed by atoms with van der Waals surface area (Å²) in [5, 5.41) is 21.6. The number of rotatable bonds is 4. The van der Waals surface area contributed by atoms with Gasteiger partial charge in [0.2, 0.25) is 0 Å². The molecule has 1 fully saturated rings. The SMILES string of the molecule is CC1CNCCC1NC(=O)c1ccn(-c2ccccc2[N+](=O)[O-])n1. The van der Waals surface area contributed by atoms with Crippen LogP contribution in [-0.2, 0) is 0 Å². The average molecular weight is 329 g/mol. The van der Waals surface area contributed by atoms with Gasteiger partial charge in [-0.15, -0.1) is 0 Å². The Balaban J connectivity index is 1.78. The molecule has 0 spiro atoms. The summed E-state index contributed by atoms with van der Waals surface area (Å²) in [6.07, 6.45) is 2.43. The highest BCUT2D eigenvalue weighted by molar-refractivity contribution is 5.92. The van der Waals surface area contributed by atoms with Crippen molar-refractivity contribution in [2.45, 2.75) is 19.4 Å². The number of nitro groups is 1. The van der Waals surface area contributed by atoms with E-state index in [0.717, 1.165) is 19.5 Å². The molecular weight excluding hydrogens is 310 g/mol. The Morgan fingerprint density at radius 1 is 1.42 bits per heavy atom. The van der Waals surface area contributed by atoms with Crippen molar-refractivity contribution in [1.82, 2.24) is 20.4 Å². The molecular formula is C16H19N5O3. The molecule has 3 rings (SSSR count). The predicted molar refractivity (Wildman–Crippen MR) is 88.1 cm³/mol. The van der Waals surface area contributed by atoms with E-state index in [9.17, 15) is 14.9 Å². The minimum absolute atomic E-state index is 0.0560. The normalized spacial score (nSPS) is 20.5. The molecule has 126 valence electrons. The van der Waals surface area contributed by atoms with Gasteiger partial charge in [-0.05, 0) is 37.6 Å². The van der Waals surface area contributed by atoms with Gasteiger partial charge in [0.15, 0.2) is 5.69 Å². The summed E-state index contributed by atoms with van der Waals surface area (Å²) >= 11 is 0. The fraction of sp³-hybridized carbons (Fsp3) is 0.375. The van der Waals surface area contributed by atoms with Crippen molar-refractivity contribution in [3.63, 3.8) is 0 Å². The number of para-hydroxylation sites is 2. The lowest BCUT2D eigenvalue weighted by molar-refractivity contribution is -0.384. The lowest BCUT2D eigenvalue weighted by Crippen LogP contribution is -2.48. The minimum Gasteiger partial charge on any atom is -0.348 e. The van der Waals surface area contributed by atoms with E-state index in [4.69, 9.17) is 0 Å². The van der Waals surface area contributed by atoms with Crippen LogP contribution < -0.4 is 10.6 Å². The lowest BCUT2D eigenvalue weighted by Gasteiger charge is -2.29. The Labute approximate surface area is 139 Å². The van der Waals surface area contributed by atoms with Crippen LogP contribution in [0.5, 0.6) is 0 Å². The number of hydrogen-bond acceptors (Lipinski definition) is 5. The zero-order valence-corrected chi connectivity index (χ0v) is 13.3. The molecule has 8 heteroatoms. The number of nitro benzene ring substituents is 1. The topological polar surface area (TPSA) is 102 Å². The zero-order valence-electron chi connectivity index (χ0n) is 13.3. The maximum absolute atomic E-state index is 12.4. The van der Waals surface area contributed by atoms with Crippen molar-refractivity contribution < 1.29 is 9.72 Å². The van der Waals surface area contributed by atoms with E-state index < -0.39 is 4.92 Å². The number of piperidine rings is 1. The third-order valence-electron chi connectivity index (χ3n) is 4.25. The third kappa shape index (κ3) is 3.28. The van der Waals surface area contributed by atoms with Gasteiger partial charge in [0.05, 0.1) is 4.92 Å². The molecule has 8 nitrogen and oxygen atoms in total. The van der Waals surface area contributed by atoms with Crippen LogP contribution in [0.25, 0.3) is 5.69 Å². The summed E-state index contributed by atoms with van der Waals surface area (Å²) in [5.41, 5.74) is 0.523. The van der Waals surface area contributed by atoms with Crippen LogP contribution in [0.4, 0.5) is 5.69 Å². The fourth-order valence-electron chi connectivity index (χ4n) is 2.86. The molecule has 2 unspecified atom stereocenters. The molecule has 2 aromatic rings. The maximum atomic E-state index is 12.4. The highest BCUT2D eigenvalue weighted by Crippen LogP contribution is 2.21. The molecule has 2 atom stereocenters. The first-order valence-electron chi connectivity index (χ1n) is 7.87. The first kappa shape index (κ1) is 16.1. The van der Waals surface area contributed by atoms with Crippen molar-refractivity contribution in [1.29, 1.82) is 0 Å². The molecule has 0 saturated carbocycles. The number of carbonyl (C=O) groups is 1. The van der Waals surface area contributed by atoms with Gasteiger partial charge in [0.1, 0.15) is 5.69 Å². The van der Waals surface area contributed by atoms with E-state index in [2.05, 4.69) is 22.7 Å². The third-order valence-corrected chi connectivity index (χ3v) is 4.25. The zero-order chi connectivity index (χ0) is 17.1. The quantitative estimate of drug-likeness (QED) is 0.654. The summed E-state index contributed by atoms with van der Waals surface area (Å²) in [6.45, 7) is 3.83. The summed E-state index contributed by atoms with van der Waals surface area (Å²) in [7, 11) is 0. The molecule has 24 heavy (non-hydrogen) atoms. The van der Waals surface area contributed by atoms with E-state index in [-0.39, 0.29) is 23.3 Å². The second kappa shape index (κ2) is 6.79. The smallest absolute Gasteiger partial charge is 0.294 e. The molecule has 1 saturated heterocycles. The minimum atomic E-state index is -0.465. The van der Waals surface area contributed by atoms with Gasteiger partial charge < -0.3 is 10.6 Å². The molecule has 0 aliphatic carbocycles. The van der Waals surface area contributed by atoms with Gasteiger partial charge in [0.25, 0.3) is 11.6 Å². The number of nitrogens with one attached hydrogen (secondary N) is 2. The standard InChI is InChI=1S/C16H19N5O3/c1-11-10-17-8-6-12(11)18-16(22)13-7-9-20(19-13)14-4-2-3-5-15(14)21(23)24/h2-5,7,9,11-12,17H,6,8,10H2,1H3,(H,18,22). The van der Waals surface area contributed by atoms with Crippen LogP contribution in [0.15, 0.2) is 36.5 Å². The molecule has 1 amide bonds. The summed E-state index contributed by atoms with van der Waals surface area (Å²) in [6, 6.07) is 7.97. The van der Waals surface area contributed by atoms with E-state index in [0.29, 0.717) is 11.6 Å².